The van der Waals surface area contributed by atoms with Gasteiger partial charge in [0.15, 0.2) is 0 Å². The van der Waals surface area contributed by atoms with Crippen LogP contribution in [0.4, 0.5) is 4.79 Å². The second-order valence-electron chi connectivity index (χ2n) is 11.3. The van der Waals surface area contributed by atoms with Gasteiger partial charge in [-0.3, -0.25) is 19.3 Å². The van der Waals surface area contributed by atoms with Crippen molar-refractivity contribution in [2.75, 3.05) is 19.6 Å². The highest BCUT2D eigenvalue weighted by molar-refractivity contribution is 5.93. The lowest BCUT2D eigenvalue weighted by atomic mass is 10.0. The summed E-state index contributed by atoms with van der Waals surface area (Å²) in [6, 6.07) is 6.91. The van der Waals surface area contributed by atoms with Gasteiger partial charge in [-0.1, -0.05) is 12.1 Å². The van der Waals surface area contributed by atoms with Gasteiger partial charge in [0.1, 0.15) is 17.7 Å². The van der Waals surface area contributed by atoms with Gasteiger partial charge in [-0.2, -0.15) is 5.26 Å². The summed E-state index contributed by atoms with van der Waals surface area (Å²) in [4.78, 5) is 56.5. The Labute approximate surface area is 222 Å². The summed E-state index contributed by atoms with van der Waals surface area (Å²) in [7, 11) is 0. The molecule has 11 heteroatoms. The maximum absolute atomic E-state index is 13.5. The van der Waals surface area contributed by atoms with Gasteiger partial charge >= 0.3 is 6.09 Å². The van der Waals surface area contributed by atoms with E-state index in [0.29, 0.717) is 31.5 Å². The molecule has 0 saturated carbocycles. The second-order valence-corrected chi connectivity index (χ2v) is 11.3. The van der Waals surface area contributed by atoms with Crippen LogP contribution in [0.5, 0.6) is 0 Å². The highest BCUT2D eigenvalue weighted by Crippen LogP contribution is 2.38. The molecule has 4 rings (SSSR count). The van der Waals surface area contributed by atoms with Crippen molar-refractivity contribution in [1.82, 2.24) is 20.0 Å². The zero-order chi connectivity index (χ0) is 27.8. The first-order chi connectivity index (χ1) is 17.9. The Morgan fingerprint density at radius 3 is 2.66 bits per heavy atom. The van der Waals surface area contributed by atoms with Crippen LogP contribution in [0, 0.1) is 11.3 Å². The summed E-state index contributed by atoms with van der Waals surface area (Å²) in [5, 5.41) is 12.2. The van der Waals surface area contributed by atoms with Crippen molar-refractivity contribution in [2.24, 2.45) is 5.73 Å². The van der Waals surface area contributed by atoms with Crippen LogP contribution in [0.3, 0.4) is 0 Å². The molecule has 3 saturated heterocycles. The van der Waals surface area contributed by atoms with Gasteiger partial charge in [-0.05, 0) is 64.7 Å². The number of nitrogens with two attached hydrogens (primary N) is 1. The number of ether oxygens (including phenoxy) is 1. The number of hydrogen-bond acceptors (Lipinski definition) is 7. The molecular weight excluding hydrogens is 488 g/mol. The Morgan fingerprint density at radius 2 is 2.03 bits per heavy atom. The van der Waals surface area contributed by atoms with Gasteiger partial charge in [0.2, 0.25) is 17.7 Å². The van der Waals surface area contributed by atoms with Crippen LogP contribution in [0.15, 0.2) is 24.3 Å². The number of carbonyl (C=O) groups excluding carboxylic acids is 4. The Hall–Kier alpha value is -3.65. The molecule has 3 N–H and O–H groups in total. The molecule has 3 fully saturated rings. The highest BCUT2D eigenvalue weighted by atomic mass is 16.6. The molecule has 2 bridgehead atoms. The van der Waals surface area contributed by atoms with Crippen molar-refractivity contribution in [3.63, 3.8) is 0 Å². The van der Waals surface area contributed by atoms with Gasteiger partial charge < -0.3 is 25.6 Å². The van der Waals surface area contributed by atoms with E-state index in [2.05, 4.69) is 11.4 Å². The van der Waals surface area contributed by atoms with E-state index in [0.717, 1.165) is 12.0 Å². The molecule has 1 aromatic rings. The third-order valence-electron chi connectivity index (χ3n) is 7.48. The van der Waals surface area contributed by atoms with Crippen molar-refractivity contribution in [3.05, 3.63) is 35.4 Å². The zero-order valence-electron chi connectivity index (χ0n) is 22.3. The number of carbonyl (C=O) groups is 4. The van der Waals surface area contributed by atoms with Gasteiger partial charge in [-0.25, -0.2) is 4.79 Å². The fraction of sp³-hybridized carbons (Fsp3) is 0.593. The Morgan fingerprint density at radius 1 is 1.29 bits per heavy atom. The molecule has 0 radical (unpaired) electrons. The molecule has 0 aliphatic carbocycles. The molecule has 0 spiro atoms. The van der Waals surface area contributed by atoms with E-state index in [1.807, 2.05) is 22.8 Å². The van der Waals surface area contributed by atoms with Crippen molar-refractivity contribution in [3.8, 4) is 6.07 Å². The number of benzene rings is 1. The minimum atomic E-state index is -0.955. The number of fused-ring (bicyclic) bond motifs is 2. The van der Waals surface area contributed by atoms with Crippen LogP contribution in [0.1, 0.15) is 68.9 Å². The molecular formula is C27H36N6O5. The van der Waals surface area contributed by atoms with E-state index >= 15 is 0 Å². The van der Waals surface area contributed by atoms with E-state index in [-0.39, 0.29) is 30.4 Å². The number of piperazine rings is 1. The topological polar surface area (TPSA) is 149 Å². The average molecular weight is 525 g/mol. The molecule has 0 aromatic heterocycles. The quantitative estimate of drug-likeness (QED) is 0.549. The normalized spacial score (nSPS) is 24.7. The van der Waals surface area contributed by atoms with Gasteiger partial charge in [0, 0.05) is 31.2 Å². The standard InChI is InChI=1S/C27H36N6O5/c1-16(17-7-5-8-18(11-17)23(29)34)33-20-12-22(25(33)36)31(14-20)15-21(30-26(37)38-27(2,3)4)24(35)32-10-6-9-19(32)13-28/h5,7-8,11,16,19-22H,6,9-10,12,14-15H2,1-4H3,(H2,29,34)(H,30,37)/t16-,19-,20+,21-,22+/m0/s1. The molecule has 204 valence electrons. The minimum Gasteiger partial charge on any atom is -0.444 e. The van der Waals surface area contributed by atoms with Gasteiger partial charge in [-0.15, -0.1) is 0 Å². The smallest absolute Gasteiger partial charge is 0.408 e. The zero-order valence-corrected chi connectivity index (χ0v) is 22.3. The molecule has 1 aromatic carbocycles. The third kappa shape index (κ3) is 5.60. The molecule has 4 amide bonds. The monoisotopic (exact) mass is 524 g/mol. The van der Waals surface area contributed by atoms with E-state index < -0.39 is 35.7 Å². The largest absolute Gasteiger partial charge is 0.444 e. The lowest BCUT2D eigenvalue weighted by Gasteiger charge is -2.39. The predicted molar refractivity (Wildman–Crippen MR) is 137 cm³/mol. The lowest BCUT2D eigenvalue weighted by Crippen LogP contribution is -2.59. The number of hydrogen-bond donors (Lipinski definition) is 2. The first-order valence-electron chi connectivity index (χ1n) is 13.0. The van der Waals surface area contributed by atoms with Crippen LogP contribution < -0.4 is 11.1 Å². The van der Waals surface area contributed by atoms with Crippen LogP contribution in [0.2, 0.25) is 0 Å². The summed E-state index contributed by atoms with van der Waals surface area (Å²) in [5.41, 5.74) is 5.90. The van der Waals surface area contributed by atoms with Gasteiger partial charge in [0.05, 0.1) is 18.2 Å². The highest BCUT2D eigenvalue weighted by Gasteiger charge is 2.52. The SMILES string of the molecule is C[C@@H](c1cccc(C(N)=O)c1)N1C(=O)[C@H]2C[C@@H]1CN2C[C@H](NC(=O)OC(C)(C)C)C(=O)N1CCC[C@H]1C#N. The number of primary amides is 1. The number of nitrogens with zero attached hydrogens (tertiary/aromatic N) is 4. The van der Waals surface area contributed by atoms with Crippen LogP contribution in [-0.2, 0) is 14.3 Å². The maximum Gasteiger partial charge on any atom is 0.408 e. The second kappa shape index (κ2) is 10.6. The fourth-order valence-electron chi connectivity index (χ4n) is 5.75. The summed E-state index contributed by atoms with van der Waals surface area (Å²) in [6.45, 7) is 8.27. The number of rotatable bonds is 7. The number of nitrogens with one attached hydrogen (secondary N) is 1. The molecule has 3 heterocycles. The number of likely N-dealkylation sites (tertiary alicyclic amines) is 3. The summed E-state index contributed by atoms with van der Waals surface area (Å²) in [5.74, 6) is -0.925. The molecule has 11 nitrogen and oxygen atoms in total. The summed E-state index contributed by atoms with van der Waals surface area (Å²) >= 11 is 0. The minimum absolute atomic E-state index is 0.0576. The van der Waals surface area contributed by atoms with E-state index in [1.165, 1.54) is 4.90 Å². The fourth-order valence-corrected chi connectivity index (χ4v) is 5.75. The number of amides is 4. The molecule has 3 aliphatic heterocycles. The number of alkyl carbamates (subject to hydrolysis) is 1. The van der Waals surface area contributed by atoms with E-state index in [9.17, 15) is 24.4 Å². The Kier molecular flexibility index (Phi) is 7.65. The van der Waals surface area contributed by atoms with Crippen LogP contribution in [0.25, 0.3) is 0 Å². The molecule has 3 aliphatic rings. The van der Waals surface area contributed by atoms with Gasteiger partial charge in [0.25, 0.3) is 0 Å². The first-order valence-corrected chi connectivity index (χ1v) is 13.0. The van der Waals surface area contributed by atoms with E-state index in [4.69, 9.17) is 10.5 Å². The maximum atomic E-state index is 13.5. The molecule has 0 unspecified atom stereocenters. The van der Waals surface area contributed by atoms with Crippen molar-refractivity contribution in [1.29, 1.82) is 5.26 Å². The van der Waals surface area contributed by atoms with E-state index in [1.54, 1.807) is 39.0 Å². The average Bonchev–Trinajstić information content (AvgIpc) is 3.56. The molecule has 5 atom stereocenters. The summed E-state index contributed by atoms with van der Waals surface area (Å²) < 4.78 is 5.39. The third-order valence-corrected chi connectivity index (χ3v) is 7.48. The van der Waals surface area contributed by atoms with Crippen molar-refractivity contribution < 1.29 is 23.9 Å². The van der Waals surface area contributed by atoms with Crippen LogP contribution in [-0.4, -0.2) is 87.9 Å². The lowest BCUT2D eigenvalue weighted by molar-refractivity contribution is -0.141. The Balaban J connectivity index is 1.49. The van der Waals surface area contributed by atoms with Crippen molar-refractivity contribution >= 4 is 23.8 Å². The molecule has 38 heavy (non-hydrogen) atoms. The first kappa shape index (κ1) is 27.4. The van der Waals surface area contributed by atoms with Crippen LogP contribution >= 0.6 is 0 Å². The predicted octanol–water partition coefficient (Wildman–Crippen LogP) is 1.54. The van der Waals surface area contributed by atoms with Crippen molar-refractivity contribution in [2.45, 2.75) is 82.8 Å². The summed E-state index contributed by atoms with van der Waals surface area (Å²) in [6.07, 6.45) is 1.21. The number of nitriles is 1. The Bertz CT molecular complexity index is 1160.